The van der Waals surface area contributed by atoms with E-state index in [9.17, 15) is 29.4 Å². The van der Waals surface area contributed by atoms with Crippen LogP contribution in [0.15, 0.2) is 133 Å². The van der Waals surface area contributed by atoms with Gasteiger partial charge in [-0.25, -0.2) is 9.59 Å². The van der Waals surface area contributed by atoms with Crippen LogP contribution in [0.3, 0.4) is 0 Å². The molecule has 0 saturated carbocycles. The van der Waals surface area contributed by atoms with Crippen molar-refractivity contribution in [1.29, 1.82) is 0 Å². The van der Waals surface area contributed by atoms with Crippen LogP contribution in [-0.4, -0.2) is 40.5 Å². The quantitative estimate of drug-likeness (QED) is 0.121. The molecule has 0 radical (unpaired) electrons. The lowest BCUT2D eigenvalue weighted by atomic mass is 9.81. The molecule has 0 heterocycles. The van der Waals surface area contributed by atoms with E-state index in [1.54, 1.807) is 84.9 Å². The Morgan fingerprint density at radius 3 is 1.13 bits per heavy atom. The van der Waals surface area contributed by atoms with Crippen molar-refractivity contribution in [2.75, 3.05) is 0 Å². The van der Waals surface area contributed by atoms with Crippen LogP contribution in [0, 0.1) is 0 Å². The molecule has 0 aliphatic heterocycles. The van der Waals surface area contributed by atoms with Crippen molar-refractivity contribution in [3.05, 3.63) is 167 Å². The number of aldehydes is 2. The van der Waals surface area contributed by atoms with Gasteiger partial charge in [0, 0.05) is 33.4 Å². The second kappa shape index (κ2) is 12.6. The molecule has 7 heteroatoms. The van der Waals surface area contributed by atoms with Crippen LogP contribution in [0.5, 0.6) is 0 Å². The van der Waals surface area contributed by atoms with E-state index in [4.69, 9.17) is 0 Å². The van der Waals surface area contributed by atoms with Gasteiger partial charge in [-0.05, 0) is 90.6 Å². The molecule has 8 aromatic carbocycles. The van der Waals surface area contributed by atoms with Gasteiger partial charge in [-0.15, -0.1) is 0 Å². The van der Waals surface area contributed by atoms with Crippen LogP contribution in [0.4, 0.5) is 0 Å². The lowest BCUT2D eigenvalue weighted by Gasteiger charge is -2.20. The zero-order valence-corrected chi connectivity index (χ0v) is 27.3. The van der Waals surface area contributed by atoms with Crippen LogP contribution in [-0.2, 0) is 0 Å². The summed E-state index contributed by atoms with van der Waals surface area (Å²) in [6, 6.07) is 38.1. The maximum absolute atomic E-state index is 15.5. The van der Waals surface area contributed by atoms with Crippen molar-refractivity contribution in [2.45, 2.75) is 0 Å². The Labute approximate surface area is 296 Å². The normalized spacial score (nSPS) is 11.2. The Morgan fingerprint density at radius 1 is 0.423 bits per heavy atom. The van der Waals surface area contributed by atoms with E-state index < -0.39 is 17.7 Å². The van der Waals surface area contributed by atoms with Crippen LogP contribution in [0.1, 0.15) is 57.4 Å². The van der Waals surface area contributed by atoms with Gasteiger partial charge in [-0.2, -0.15) is 0 Å². The number of carbonyl (C=O) groups excluding carboxylic acids is 3. The molecule has 0 fully saturated rings. The molecule has 0 unspecified atom stereocenters. The maximum atomic E-state index is 15.5. The second-order valence-corrected chi connectivity index (χ2v) is 12.5. The largest absolute Gasteiger partial charge is 0.478 e. The predicted octanol–water partition coefficient (Wildman–Crippen LogP) is 9.89. The van der Waals surface area contributed by atoms with E-state index in [1.807, 2.05) is 24.3 Å². The summed E-state index contributed by atoms with van der Waals surface area (Å²) in [6.45, 7) is 0. The van der Waals surface area contributed by atoms with Gasteiger partial charge >= 0.3 is 11.9 Å². The number of aromatic carboxylic acids is 2. The minimum Gasteiger partial charge on any atom is -0.478 e. The van der Waals surface area contributed by atoms with Crippen molar-refractivity contribution < 1.29 is 34.2 Å². The SMILES string of the molecule is O=Cc1cc(C(=O)c2cc(C=O)c3ccccc3c2-c2cc(C(=O)O)cc3ccccc23)c(-c2cc(C(=O)O)cc3ccccc23)c2ccccc12. The molecule has 0 amide bonds. The number of carbonyl (C=O) groups is 5. The minimum atomic E-state index is -1.15. The zero-order chi connectivity index (χ0) is 36.1. The summed E-state index contributed by atoms with van der Waals surface area (Å²) in [6.07, 6.45) is 1.35. The Kier molecular flexibility index (Phi) is 7.73. The first-order valence-corrected chi connectivity index (χ1v) is 16.4. The number of benzene rings is 8. The van der Waals surface area contributed by atoms with Crippen molar-refractivity contribution in [1.82, 2.24) is 0 Å². The first-order valence-electron chi connectivity index (χ1n) is 16.4. The first-order chi connectivity index (χ1) is 25.3. The molecule has 8 rings (SSSR count). The van der Waals surface area contributed by atoms with E-state index in [1.165, 1.54) is 24.3 Å². The third kappa shape index (κ3) is 5.11. The first kappa shape index (κ1) is 32.0. The zero-order valence-electron chi connectivity index (χ0n) is 27.3. The van der Waals surface area contributed by atoms with Gasteiger partial charge in [0.05, 0.1) is 11.1 Å². The summed E-state index contributed by atoms with van der Waals surface area (Å²) in [5.74, 6) is -2.83. The van der Waals surface area contributed by atoms with Gasteiger partial charge in [0.2, 0.25) is 0 Å². The summed E-state index contributed by atoms with van der Waals surface area (Å²) in [5.41, 5.74) is 2.54. The van der Waals surface area contributed by atoms with Gasteiger partial charge in [0.1, 0.15) is 0 Å². The van der Waals surface area contributed by atoms with Crippen molar-refractivity contribution in [2.24, 2.45) is 0 Å². The van der Waals surface area contributed by atoms with E-state index in [0.717, 1.165) is 0 Å². The highest BCUT2D eigenvalue weighted by Crippen LogP contribution is 2.43. The van der Waals surface area contributed by atoms with Crippen LogP contribution >= 0.6 is 0 Å². The molecular weight excluding hydrogens is 652 g/mol. The number of carboxylic acids is 2. The molecule has 2 N–H and O–H groups in total. The molecule has 248 valence electrons. The lowest BCUT2D eigenvalue weighted by molar-refractivity contribution is 0.0686. The standard InChI is InChI=1S/C45H26O7/c46-23-29-21-39(41(35-15-7-5-13-33(29)35)37-19-27(44(49)50)17-25-9-1-3-11-31(25)37)43(48)40-22-30(24-47)34-14-6-8-16-36(34)42(40)38-20-28(45(51)52)18-26-10-2-4-12-32(26)38/h1-24H,(H,49,50)(H,51,52). The van der Waals surface area contributed by atoms with Gasteiger partial charge in [0.25, 0.3) is 0 Å². The van der Waals surface area contributed by atoms with Gasteiger partial charge in [-0.1, -0.05) is 97.1 Å². The number of ketones is 1. The van der Waals surface area contributed by atoms with Crippen molar-refractivity contribution >= 4 is 73.4 Å². The second-order valence-electron chi connectivity index (χ2n) is 12.5. The number of fused-ring (bicyclic) bond motifs is 4. The Morgan fingerprint density at radius 2 is 0.769 bits per heavy atom. The third-order valence-electron chi connectivity index (χ3n) is 9.65. The molecule has 7 nitrogen and oxygen atoms in total. The average molecular weight is 679 g/mol. The van der Waals surface area contributed by atoms with E-state index >= 15 is 4.79 Å². The van der Waals surface area contributed by atoms with E-state index in [0.29, 0.717) is 77.9 Å². The summed E-state index contributed by atoms with van der Waals surface area (Å²) in [5, 5.41) is 25.2. The van der Waals surface area contributed by atoms with Crippen LogP contribution in [0.25, 0.3) is 65.3 Å². The van der Waals surface area contributed by atoms with Crippen LogP contribution in [0.2, 0.25) is 0 Å². The molecule has 0 spiro atoms. The van der Waals surface area contributed by atoms with Gasteiger partial charge < -0.3 is 10.2 Å². The molecule has 8 aromatic rings. The summed E-state index contributed by atoms with van der Waals surface area (Å²) in [7, 11) is 0. The summed E-state index contributed by atoms with van der Waals surface area (Å²) >= 11 is 0. The molecule has 0 atom stereocenters. The topological polar surface area (TPSA) is 126 Å². The van der Waals surface area contributed by atoms with E-state index in [2.05, 4.69) is 0 Å². The molecule has 52 heavy (non-hydrogen) atoms. The monoisotopic (exact) mass is 678 g/mol. The minimum absolute atomic E-state index is 0.0160. The Hall–Kier alpha value is -7.25. The number of hydrogen-bond acceptors (Lipinski definition) is 5. The number of carboxylic acid groups (broad SMARTS) is 2. The Bertz CT molecular complexity index is 2670. The maximum Gasteiger partial charge on any atom is 0.335 e. The molecule has 0 bridgehead atoms. The Balaban J connectivity index is 1.55. The van der Waals surface area contributed by atoms with Crippen LogP contribution < -0.4 is 0 Å². The third-order valence-corrected chi connectivity index (χ3v) is 9.65. The molecular formula is C45H26O7. The number of hydrogen-bond donors (Lipinski definition) is 2. The van der Waals surface area contributed by atoms with Gasteiger partial charge in [0.15, 0.2) is 18.4 Å². The fraction of sp³-hybridized carbons (Fsp3) is 0. The molecule has 0 saturated heterocycles. The smallest absolute Gasteiger partial charge is 0.335 e. The van der Waals surface area contributed by atoms with Crippen molar-refractivity contribution in [3.8, 4) is 22.3 Å². The highest BCUT2D eigenvalue weighted by atomic mass is 16.4. The highest BCUT2D eigenvalue weighted by Gasteiger charge is 2.27. The summed E-state index contributed by atoms with van der Waals surface area (Å²) in [4.78, 5) is 65.7. The fourth-order valence-electron chi connectivity index (χ4n) is 7.37. The predicted molar refractivity (Wildman–Crippen MR) is 202 cm³/mol. The highest BCUT2D eigenvalue weighted by molar-refractivity contribution is 6.27. The lowest BCUT2D eigenvalue weighted by Crippen LogP contribution is -2.10. The van der Waals surface area contributed by atoms with Gasteiger partial charge in [-0.3, -0.25) is 14.4 Å². The average Bonchev–Trinajstić information content (AvgIpc) is 3.18. The molecule has 0 aliphatic carbocycles. The molecule has 0 aliphatic rings. The number of rotatable bonds is 8. The fourth-order valence-corrected chi connectivity index (χ4v) is 7.37. The summed E-state index contributed by atoms with van der Waals surface area (Å²) < 4.78 is 0. The molecule has 0 aromatic heterocycles. The van der Waals surface area contributed by atoms with Crippen molar-refractivity contribution in [3.63, 3.8) is 0 Å². The van der Waals surface area contributed by atoms with E-state index in [-0.39, 0.29) is 33.4 Å².